The summed E-state index contributed by atoms with van der Waals surface area (Å²) in [6.07, 6.45) is 0. The number of nitrogens with one attached hydrogen (secondary N) is 2. The van der Waals surface area contributed by atoms with Crippen LogP contribution >= 0.6 is 11.6 Å². The topological polar surface area (TPSA) is 83.1 Å². The van der Waals surface area contributed by atoms with Gasteiger partial charge < -0.3 is 20.2 Å². The zero-order chi connectivity index (χ0) is 17.4. The first-order valence-electron chi connectivity index (χ1n) is 7.14. The Balaban J connectivity index is 1.99. The maximum absolute atomic E-state index is 11.6. The largest absolute Gasteiger partial charge is 0.497 e. The van der Waals surface area contributed by atoms with E-state index >= 15 is 0 Å². The summed E-state index contributed by atoms with van der Waals surface area (Å²) in [5.74, 6) is 1.44. The predicted octanol–water partition coefficient (Wildman–Crippen LogP) is 3.25. The van der Waals surface area contributed by atoms with Crippen molar-refractivity contribution in [3.63, 3.8) is 0 Å². The van der Waals surface area contributed by atoms with Gasteiger partial charge in [-0.3, -0.25) is 5.21 Å². The van der Waals surface area contributed by atoms with Crippen LogP contribution in [-0.2, 0) is 0 Å². The molecule has 2 aromatic carbocycles. The minimum Gasteiger partial charge on any atom is -0.497 e. The van der Waals surface area contributed by atoms with Crippen molar-refractivity contribution in [2.75, 3.05) is 30.1 Å². The van der Waals surface area contributed by atoms with Crippen LogP contribution < -0.4 is 25.4 Å². The van der Waals surface area contributed by atoms with Gasteiger partial charge in [-0.2, -0.15) is 0 Å². The Kier molecular flexibility index (Phi) is 6.53. The molecule has 2 aromatic rings. The molecule has 2 amide bonds. The monoisotopic (exact) mass is 351 g/mol. The van der Waals surface area contributed by atoms with Gasteiger partial charge in [0.1, 0.15) is 11.4 Å². The van der Waals surface area contributed by atoms with E-state index < -0.39 is 0 Å². The van der Waals surface area contributed by atoms with Crippen LogP contribution in [0.2, 0.25) is 0 Å². The van der Waals surface area contributed by atoms with Gasteiger partial charge in [0.2, 0.25) is 0 Å². The van der Waals surface area contributed by atoms with Crippen LogP contribution in [0.25, 0.3) is 0 Å². The average Bonchev–Trinajstić information content (AvgIpc) is 2.61. The van der Waals surface area contributed by atoms with E-state index in [9.17, 15) is 10.0 Å². The third kappa shape index (κ3) is 5.22. The second-order valence-electron chi connectivity index (χ2n) is 4.66. The number of anilines is 2. The molecule has 0 aliphatic heterocycles. The fourth-order valence-corrected chi connectivity index (χ4v) is 1.92. The minimum atomic E-state index is -0.381. The van der Waals surface area contributed by atoms with E-state index in [4.69, 9.17) is 21.2 Å². The van der Waals surface area contributed by atoms with Gasteiger partial charge in [-0.1, -0.05) is 11.3 Å². The molecular weight excluding hydrogens is 334 g/mol. The first kappa shape index (κ1) is 17.7. The molecule has 0 heterocycles. The molecule has 0 atom stereocenters. The van der Waals surface area contributed by atoms with E-state index in [1.807, 2.05) is 0 Å². The Morgan fingerprint density at radius 3 is 2.58 bits per heavy atom. The highest BCUT2D eigenvalue weighted by molar-refractivity contribution is 6.18. The number of carbonyl (C=O) groups excluding carboxylic acids is 1. The number of hydrogen-bond acceptors (Lipinski definition) is 5. The number of halogens is 1. The van der Waals surface area contributed by atoms with Crippen molar-refractivity contribution < 1.29 is 19.6 Å². The Morgan fingerprint density at radius 1 is 1.21 bits per heavy atom. The molecule has 0 saturated carbocycles. The van der Waals surface area contributed by atoms with Crippen molar-refractivity contribution in [3.8, 4) is 11.5 Å². The number of urea groups is 1. The number of hydrogen-bond donors (Lipinski definition) is 3. The first-order valence-corrected chi connectivity index (χ1v) is 7.67. The number of benzene rings is 2. The summed E-state index contributed by atoms with van der Waals surface area (Å²) >= 11 is 5.50. The second-order valence-corrected chi connectivity index (χ2v) is 5.04. The lowest BCUT2D eigenvalue weighted by atomic mass is 10.3. The van der Waals surface area contributed by atoms with Gasteiger partial charge >= 0.3 is 6.03 Å². The SMILES string of the molecule is COc1ccc(ON(O)c2cccc(NC(=O)NCCCl)c2)cc1. The highest BCUT2D eigenvalue weighted by Gasteiger charge is 2.08. The van der Waals surface area contributed by atoms with E-state index in [0.29, 0.717) is 40.5 Å². The van der Waals surface area contributed by atoms with E-state index in [1.165, 1.54) is 0 Å². The average molecular weight is 352 g/mol. The van der Waals surface area contributed by atoms with Crippen molar-refractivity contribution >= 4 is 29.0 Å². The smallest absolute Gasteiger partial charge is 0.319 e. The normalized spacial score (nSPS) is 9.96. The standard InChI is InChI=1S/C16H18ClN3O4/c1-23-14-5-7-15(8-6-14)24-20(22)13-4-2-3-12(11-13)19-16(21)18-10-9-17/h2-8,11,22H,9-10H2,1H3,(H2,18,19,21). The second kappa shape index (κ2) is 8.85. The predicted molar refractivity (Wildman–Crippen MR) is 92.1 cm³/mol. The first-order chi connectivity index (χ1) is 11.6. The quantitative estimate of drug-likeness (QED) is 0.527. The molecule has 24 heavy (non-hydrogen) atoms. The van der Waals surface area contributed by atoms with Crippen LogP contribution in [0.5, 0.6) is 11.5 Å². The molecule has 0 bridgehead atoms. The fraction of sp³-hybridized carbons (Fsp3) is 0.188. The van der Waals surface area contributed by atoms with E-state index in [-0.39, 0.29) is 6.03 Å². The van der Waals surface area contributed by atoms with Crippen LogP contribution in [0.1, 0.15) is 0 Å². The molecule has 0 unspecified atom stereocenters. The molecule has 0 fully saturated rings. The maximum Gasteiger partial charge on any atom is 0.319 e. The summed E-state index contributed by atoms with van der Waals surface area (Å²) < 4.78 is 5.05. The highest BCUT2D eigenvalue weighted by atomic mass is 35.5. The van der Waals surface area contributed by atoms with Crippen molar-refractivity contribution in [3.05, 3.63) is 48.5 Å². The van der Waals surface area contributed by atoms with Gasteiger partial charge in [0.15, 0.2) is 5.75 Å². The van der Waals surface area contributed by atoms with Crippen LogP contribution in [0.4, 0.5) is 16.2 Å². The Morgan fingerprint density at radius 2 is 1.92 bits per heavy atom. The summed E-state index contributed by atoms with van der Waals surface area (Å²) in [4.78, 5) is 16.9. The molecule has 7 nitrogen and oxygen atoms in total. The highest BCUT2D eigenvalue weighted by Crippen LogP contribution is 2.22. The molecule has 3 N–H and O–H groups in total. The number of rotatable bonds is 7. The number of amides is 2. The summed E-state index contributed by atoms with van der Waals surface area (Å²) in [7, 11) is 1.57. The molecule has 0 aromatic heterocycles. The molecule has 0 radical (unpaired) electrons. The zero-order valence-corrected chi connectivity index (χ0v) is 13.8. The molecule has 0 aliphatic carbocycles. The third-order valence-corrected chi connectivity index (χ3v) is 3.15. The summed E-state index contributed by atoms with van der Waals surface area (Å²) in [6, 6.07) is 12.9. The summed E-state index contributed by atoms with van der Waals surface area (Å²) in [5, 5.41) is 15.9. The molecule has 8 heteroatoms. The van der Waals surface area contributed by atoms with Crippen molar-refractivity contribution in [2.24, 2.45) is 0 Å². The van der Waals surface area contributed by atoms with Gasteiger partial charge in [0.25, 0.3) is 0 Å². The summed E-state index contributed by atoms with van der Waals surface area (Å²) in [5.41, 5.74) is 0.845. The van der Waals surface area contributed by atoms with Crippen LogP contribution in [0.3, 0.4) is 0 Å². The zero-order valence-electron chi connectivity index (χ0n) is 13.0. The number of nitrogens with zero attached hydrogens (tertiary/aromatic N) is 1. The molecule has 128 valence electrons. The minimum absolute atomic E-state index is 0.327. The lowest BCUT2D eigenvalue weighted by molar-refractivity contribution is 0.0510. The number of ether oxygens (including phenoxy) is 1. The van der Waals surface area contributed by atoms with Crippen LogP contribution in [-0.4, -0.2) is 30.8 Å². The lowest BCUT2D eigenvalue weighted by Crippen LogP contribution is -2.30. The van der Waals surface area contributed by atoms with Crippen LogP contribution in [0, 0.1) is 0 Å². The van der Waals surface area contributed by atoms with E-state index in [0.717, 1.165) is 0 Å². The summed E-state index contributed by atoms with van der Waals surface area (Å²) in [6.45, 7) is 0.361. The molecule has 0 aliphatic rings. The molecule has 0 saturated heterocycles. The van der Waals surface area contributed by atoms with Crippen molar-refractivity contribution in [1.82, 2.24) is 5.32 Å². The van der Waals surface area contributed by atoms with Gasteiger partial charge in [-0.25, -0.2) is 4.79 Å². The molecule has 0 spiro atoms. The molecule has 2 rings (SSSR count). The van der Waals surface area contributed by atoms with E-state index in [2.05, 4.69) is 10.6 Å². The Bertz CT molecular complexity index is 667. The number of methoxy groups -OCH3 is 1. The lowest BCUT2D eigenvalue weighted by Gasteiger charge is -2.18. The van der Waals surface area contributed by atoms with Crippen molar-refractivity contribution in [2.45, 2.75) is 0 Å². The van der Waals surface area contributed by atoms with Gasteiger partial charge in [0.05, 0.1) is 7.11 Å². The molecular formula is C16H18ClN3O4. The van der Waals surface area contributed by atoms with Crippen molar-refractivity contribution in [1.29, 1.82) is 0 Å². The Hall–Kier alpha value is -2.64. The fourth-order valence-electron chi connectivity index (χ4n) is 1.83. The number of carbonyl (C=O) groups is 1. The number of alkyl halides is 1. The Labute approximate surface area is 144 Å². The van der Waals surface area contributed by atoms with E-state index in [1.54, 1.807) is 55.6 Å². The van der Waals surface area contributed by atoms with Gasteiger partial charge in [0, 0.05) is 18.1 Å². The van der Waals surface area contributed by atoms with Crippen LogP contribution in [0.15, 0.2) is 48.5 Å². The van der Waals surface area contributed by atoms with Gasteiger partial charge in [-0.05, 0) is 42.5 Å². The third-order valence-electron chi connectivity index (χ3n) is 2.96. The van der Waals surface area contributed by atoms with Gasteiger partial charge in [-0.15, -0.1) is 11.6 Å². The maximum atomic E-state index is 11.6.